The molecule has 0 saturated heterocycles. The second-order valence-electron chi connectivity index (χ2n) is 10.3. The molecule has 194 valence electrons. The van der Waals surface area contributed by atoms with E-state index in [1.807, 2.05) is 13.8 Å². The summed E-state index contributed by atoms with van der Waals surface area (Å²) in [5, 5.41) is 7.47. The zero-order chi connectivity index (χ0) is 26.2. The first kappa shape index (κ1) is 25.7. The first-order chi connectivity index (χ1) is 17.0. The van der Waals surface area contributed by atoms with Gasteiger partial charge in [0.15, 0.2) is 5.78 Å². The number of nitrogens with one attached hydrogen (secondary N) is 1. The summed E-state index contributed by atoms with van der Waals surface area (Å²) in [5.41, 5.74) is 11.6. The van der Waals surface area contributed by atoms with E-state index < -0.39 is 29.4 Å². The van der Waals surface area contributed by atoms with Crippen LogP contribution in [0.1, 0.15) is 84.5 Å². The van der Waals surface area contributed by atoms with E-state index in [4.69, 9.17) is 16.2 Å². The highest BCUT2D eigenvalue weighted by Crippen LogP contribution is 2.40. The number of Topliss-reactive ketones (excluding diaryl/α,β-unsaturated/α-hetero) is 1. The smallest absolute Gasteiger partial charge is 0.319 e. The Hall–Kier alpha value is -3.34. The zero-order valence-electron chi connectivity index (χ0n) is 20.4. The number of ketones is 1. The number of hydrogen-bond donors (Lipinski definition) is 3. The van der Waals surface area contributed by atoms with Gasteiger partial charge < -0.3 is 21.5 Å². The molecule has 0 unspecified atom stereocenters. The molecular formula is C25H31F2N5O4. The molecule has 1 saturated carbocycles. The van der Waals surface area contributed by atoms with Crippen LogP contribution in [0, 0.1) is 5.41 Å². The van der Waals surface area contributed by atoms with Crippen LogP contribution < -0.4 is 16.8 Å². The van der Waals surface area contributed by atoms with Crippen molar-refractivity contribution in [3.63, 3.8) is 0 Å². The molecule has 36 heavy (non-hydrogen) atoms. The number of alkyl halides is 2. The van der Waals surface area contributed by atoms with Gasteiger partial charge in [0.25, 0.3) is 12.3 Å². The van der Waals surface area contributed by atoms with Gasteiger partial charge in [-0.2, -0.15) is 5.10 Å². The van der Waals surface area contributed by atoms with E-state index in [0.29, 0.717) is 49.2 Å². The van der Waals surface area contributed by atoms with Crippen LogP contribution in [-0.4, -0.2) is 46.1 Å². The lowest BCUT2D eigenvalue weighted by molar-refractivity contribution is -0.148. The van der Waals surface area contributed by atoms with Crippen molar-refractivity contribution < 1.29 is 27.9 Å². The van der Waals surface area contributed by atoms with Crippen LogP contribution in [-0.2, 0) is 16.0 Å². The van der Waals surface area contributed by atoms with Gasteiger partial charge >= 0.3 is 5.97 Å². The summed E-state index contributed by atoms with van der Waals surface area (Å²) in [6.45, 7) is 3.66. The van der Waals surface area contributed by atoms with E-state index in [-0.39, 0.29) is 42.0 Å². The summed E-state index contributed by atoms with van der Waals surface area (Å²) >= 11 is 0. The molecule has 0 spiro atoms. The summed E-state index contributed by atoms with van der Waals surface area (Å²) in [6.07, 6.45) is 0.108. The summed E-state index contributed by atoms with van der Waals surface area (Å²) in [6, 6.07) is 4.74. The van der Waals surface area contributed by atoms with Crippen molar-refractivity contribution in [2.75, 3.05) is 11.9 Å². The minimum Gasteiger partial charge on any atom is -0.461 e. The average molecular weight is 504 g/mol. The highest BCUT2D eigenvalue weighted by atomic mass is 19.3. The number of amides is 1. The maximum atomic E-state index is 13.8. The van der Waals surface area contributed by atoms with Crippen molar-refractivity contribution >= 4 is 23.3 Å². The lowest BCUT2D eigenvalue weighted by Gasteiger charge is -2.30. The minimum absolute atomic E-state index is 0.0110. The third-order valence-electron chi connectivity index (χ3n) is 6.79. The Kier molecular flexibility index (Phi) is 7.12. The molecule has 0 atom stereocenters. The van der Waals surface area contributed by atoms with Gasteiger partial charge in [-0.05, 0) is 55.7 Å². The molecule has 2 aliphatic rings. The molecule has 9 nitrogen and oxygen atoms in total. The number of nitrogens with two attached hydrogens (primary N) is 2. The number of carbonyl (C=O) groups excluding carboxylic acids is 3. The lowest BCUT2D eigenvalue weighted by Crippen LogP contribution is -2.33. The van der Waals surface area contributed by atoms with Crippen LogP contribution in [0.2, 0.25) is 0 Å². The van der Waals surface area contributed by atoms with E-state index in [1.165, 1.54) is 10.7 Å². The van der Waals surface area contributed by atoms with Crippen molar-refractivity contribution in [2.24, 2.45) is 16.9 Å². The van der Waals surface area contributed by atoms with E-state index in [1.54, 1.807) is 12.1 Å². The minimum atomic E-state index is -2.89. The molecule has 0 bridgehead atoms. The van der Waals surface area contributed by atoms with Crippen LogP contribution in [0.15, 0.2) is 18.2 Å². The van der Waals surface area contributed by atoms with Gasteiger partial charge in [-0.25, -0.2) is 13.5 Å². The van der Waals surface area contributed by atoms with E-state index in [9.17, 15) is 23.2 Å². The first-order valence-electron chi connectivity index (χ1n) is 12.0. The number of aromatic nitrogens is 2. The molecule has 1 amide bonds. The van der Waals surface area contributed by atoms with Crippen LogP contribution in [0.4, 0.5) is 14.5 Å². The fraction of sp³-hybridized carbons (Fsp3) is 0.520. The quantitative estimate of drug-likeness (QED) is 0.492. The summed E-state index contributed by atoms with van der Waals surface area (Å²) < 4.78 is 34.3. The summed E-state index contributed by atoms with van der Waals surface area (Å²) in [4.78, 5) is 36.3. The fourth-order valence-electron chi connectivity index (χ4n) is 5.12. The number of hydrogen-bond acceptors (Lipinski definition) is 7. The Labute approximate surface area is 207 Å². The predicted molar refractivity (Wildman–Crippen MR) is 128 cm³/mol. The van der Waals surface area contributed by atoms with Crippen molar-refractivity contribution in [2.45, 2.75) is 70.9 Å². The SMILES string of the molecule is CC1(C)CC(=O)c2c(C(F)F)nn(-c3ccc(C(N)=O)c(N[C@H]4CC[C@H](OC(=O)CN)CC4)c3)c2C1. The van der Waals surface area contributed by atoms with Gasteiger partial charge in [-0.15, -0.1) is 0 Å². The predicted octanol–water partition coefficient (Wildman–Crippen LogP) is 3.29. The zero-order valence-corrected chi connectivity index (χ0v) is 20.4. The number of benzene rings is 1. The number of ether oxygens (including phenoxy) is 1. The Morgan fingerprint density at radius 1 is 1.22 bits per heavy atom. The number of rotatable bonds is 7. The second kappa shape index (κ2) is 9.96. The van der Waals surface area contributed by atoms with Gasteiger partial charge in [0, 0.05) is 18.2 Å². The average Bonchev–Trinajstić information content (AvgIpc) is 3.19. The van der Waals surface area contributed by atoms with Crippen molar-refractivity contribution in [3.8, 4) is 5.69 Å². The molecule has 1 aromatic heterocycles. The maximum Gasteiger partial charge on any atom is 0.319 e. The highest BCUT2D eigenvalue weighted by Gasteiger charge is 2.38. The van der Waals surface area contributed by atoms with E-state index in [2.05, 4.69) is 10.4 Å². The number of anilines is 1. The molecule has 2 aromatic rings. The molecule has 1 aromatic carbocycles. The van der Waals surface area contributed by atoms with Crippen LogP contribution in [0.5, 0.6) is 0 Å². The van der Waals surface area contributed by atoms with Crippen molar-refractivity contribution in [1.82, 2.24) is 9.78 Å². The second-order valence-corrected chi connectivity index (χ2v) is 10.3. The third-order valence-corrected chi connectivity index (χ3v) is 6.79. The number of carbonyl (C=O) groups is 3. The molecule has 5 N–H and O–H groups in total. The lowest BCUT2D eigenvalue weighted by atomic mass is 9.75. The monoisotopic (exact) mass is 503 g/mol. The molecule has 1 heterocycles. The molecule has 11 heteroatoms. The highest BCUT2D eigenvalue weighted by molar-refractivity contribution is 6.00. The topological polar surface area (TPSA) is 142 Å². The van der Waals surface area contributed by atoms with E-state index in [0.717, 1.165) is 0 Å². The molecule has 0 aliphatic heterocycles. The largest absolute Gasteiger partial charge is 0.461 e. The van der Waals surface area contributed by atoms with Crippen molar-refractivity contribution in [1.29, 1.82) is 0 Å². The normalized spacial score (nSPS) is 21.2. The summed E-state index contributed by atoms with van der Waals surface area (Å²) in [5.74, 6) is -1.42. The third kappa shape index (κ3) is 5.25. The number of fused-ring (bicyclic) bond motifs is 1. The van der Waals surface area contributed by atoms with E-state index >= 15 is 0 Å². The number of primary amides is 1. The maximum absolute atomic E-state index is 13.8. The Balaban J connectivity index is 1.65. The van der Waals surface area contributed by atoms with Gasteiger partial charge in [0.05, 0.1) is 29.1 Å². The van der Waals surface area contributed by atoms with Crippen LogP contribution in [0.3, 0.4) is 0 Å². The Morgan fingerprint density at radius 2 is 1.92 bits per heavy atom. The molecule has 1 fully saturated rings. The van der Waals surface area contributed by atoms with Gasteiger partial charge in [0.1, 0.15) is 11.8 Å². The van der Waals surface area contributed by atoms with Gasteiger partial charge in [0.2, 0.25) is 0 Å². The fourth-order valence-corrected chi connectivity index (χ4v) is 5.12. The molecule has 2 aliphatic carbocycles. The molecule has 4 rings (SSSR count). The summed E-state index contributed by atoms with van der Waals surface area (Å²) in [7, 11) is 0. The Morgan fingerprint density at radius 3 is 2.53 bits per heavy atom. The molecule has 0 radical (unpaired) electrons. The number of esters is 1. The first-order valence-corrected chi connectivity index (χ1v) is 12.0. The van der Waals surface area contributed by atoms with Gasteiger partial charge in [-0.1, -0.05) is 13.8 Å². The Bertz CT molecular complexity index is 1190. The number of nitrogens with zero attached hydrogens (tertiary/aromatic N) is 2. The van der Waals surface area contributed by atoms with Gasteiger partial charge in [-0.3, -0.25) is 14.4 Å². The molecular weight excluding hydrogens is 472 g/mol. The van der Waals surface area contributed by atoms with Crippen LogP contribution >= 0.6 is 0 Å². The number of halogens is 2. The standard InChI is InChI=1S/C25H31F2N5O4/c1-25(2)10-18-21(19(33)11-25)22(23(26)27)31-32(18)14-5-8-16(24(29)35)17(9-14)30-13-3-6-15(7-4-13)36-20(34)12-28/h5,8-9,13,15,23,30H,3-4,6-7,10-12,28H2,1-2H3,(H2,29,35)/t13-,15-. The van der Waals surface area contributed by atoms with Crippen molar-refractivity contribution in [3.05, 3.63) is 40.7 Å². The van der Waals surface area contributed by atoms with Crippen LogP contribution in [0.25, 0.3) is 5.69 Å².